The van der Waals surface area contributed by atoms with Crippen LogP contribution in [0.3, 0.4) is 0 Å². The highest BCUT2D eigenvalue weighted by Crippen LogP contribution is 2.39. The van der Waals surface area contributed by atoms with E-state index in [1.807, 2.05) is 0 Å². The summed E-state index contributed by atoms with van der Waals surface area (Å²) in [6.45, 7) is 11.1. The van der Waals surface area contributed by atoms with Gasteiger partial charge in [-0.2, -0.15) is 0 Å². The zero-order chi connectivity index (χ0) is 17.0. The Kier molecular flexibility index (Phi) is 11.7. The SMILES string of the molecule is CCCCC(CC)CC(C)(CC(CC)CCCC)C(=O)OC. The van der Waals surface area contributed by atoms with Crippen LogP contribution in [0.5, 0.6) is 0 Å². The summed E-state index contributed by atoms with van der Waals surface area (Å²) in [5.41, 5.74) is -0.308. The lowest BCUT2D eigenvalue weighted by Gasteiger charge is -2.33. The molecule has 0 heterocycles. The van der Waals surface area contributed by atoms with Crippen molar-refractivity contribution in [2.75, 3.05) is 7.11 Å². The van der Waals surface area contributed by atoms with E-state index < -0.39 is 0 Å². The number of hydrogen-bond acceptors (Lipinski definition) is 2. The smallest absolute Gasteiger partial charge is 0.311 e. The van der Waals surface area contributed by atoms with E-state index in [1.54, 1.807) is 7.11 Å². The molecular weight excluding hydrogens is 272 g/mol. The molecule has 0 fully saturated rings. The molecule has 0 N–H and O–H groups in total. The molecule has 0 amide bonds. The number of ether oxygens (including phenoxy) is 1. The van der Waals surface area contributed by atoms with Crippen molar-refractivity contribution in [3.8, 4) is 0 Å². The summed E-state index contributed by atoms with van der Waals surface area (Å²) in [6.07, 6.45) is 11.8. The number of rotatable bonds is 13. The molecule has 0 aliphatic heterocycles. The first-order valence-electron chi connectivity index (χ1n) is 9.55. The van der Waals surface area contributed by atoms with Gasteiger partial charge in [-0.3, -0.25) is 4.79 Å². The van der Waals surface area contributed by atoms with Gasteiger partial charge in [-0.05, 0) is 31.6 Å². The molecule has 132 valence electrons. The van der Waals surface area contributed by atoms with Crippen molar-refractivity contribution in [2.24, 2.45) is 17.3 Å². The Balaban J connectivity index is 4.92. The Morgan fingerprint density at radius 3 is 1.59 bits per heavy atom. The maximum atomic E-state index is 12.5. The summed E-state index contributed by atoms with van der Waals surface area (Å²) < 4.78 is 5.18. The molecule has 2 unspecified atom stereocenters. The lowest BCUT2D eigenvalue weighted by molar-refractivity contribution is -0.154. The van der Waals surface area contributed by atoms with Crippen molar-refractivity contribution in [2.45, 2.75) is 98.8 Å². The van der Waals surface area contributed by atoms with Crippen LogP contribution in [0.1, 0.15) is 98.8 Å². The summed E-state index contributed by atoms with van der Waals surface area (Å²) in [5, 5.41) is 0. The summed E-state index contributed by atoms with van der Waals surface area (Å²) in [4.78, 5) is 12.5. The Hall–Kier alpha value is -0.530. The number of carbonyl (C=O) groups excluding carboxylic acids is 1. The van der Waals surface area contributed by atoms with Crippen molar-refractivity contribution in [3.63, 3.8) is 0 Å². The van der Waals surface area contributed by atoms with Crippen molar-refractivity contribution in [1.82, 2.24) is 0 Å². The van der Waals surface area contributed by atoms with Gasteiger partial charge in [-0.1, -0.05) is 79.1 Å². The average Bonchev–Trinajstić information content (AvgIpc) is 2.54. The molecule has 0 bridgehead atoms. The molecule has 22 heavy (non-hydrogen) atoms. The first-order chi connectivity index (χ1) is 10.5. The molecule has 0 aliphatic rings. The summed E-state index contributed by atoms with van der Waals surface area (Å²) in [6, 6.07) is 0. The molecule has 0 rings (SSSR count). The van der Waals surface area contributed by atoms with Gasteiger partial charge in [-0.25, -0.2) is 0 Å². The third kappa shape index (κ3) is 7.65. The third-order valence-electron chi connectivity index (χ3n) is 5.24. The van der Waals surface area contributed by atoms with Crippen LogP contribution in [0.25, 0.3) is 0 Å². The first kappa shape index (κ1) is 21.5. The maximum absolute atomic E-state index is 12.5. The monoisotopic (exact) mass is 312 g/mol. The van der Waals surface area contributed by atoms with E-state index in [0.717, 1.165) is 12.8 Å². The van der Waals surface area contributed by atoms with E-state index in [0.29, 0.717) is 11.8 Å². The van der Waals surface area contributed by atoms with Crippen LogP contribution in [-0.2, 0) is 9.53 Å². The number of methoxy groups -OCH3 is 1. The van der Waals surface area contributed by atoms with Gasteiger partial charge in [-0.15, -0.1) is 0 Å². The molecule has 0 aromatic rings. The molecule has 0 radical (unpaired) electrons. The second-order valence-corrected chi connectivity index (χ2v) is 7.29. The summed E-state index contributed by atoms with van der Waals surface area (Å²) in [5.74, 6) is 1.29. The Bertz CT molecular complexity index is 267. The predicted molar refractivity (Wildman–Crippen MR) is 96.0 cm³/mol. The van der Waals surface area contributed by atoms with Crippen LogP contribution in [0.4, 0.5) is 0 Å². The average molecular weight is 313 g/mol. The van der Waals surface area contributed by atoms with Crippen molar-refractivity contribution in [1.29, 1.82) is 0 Å². The summed E-state index contributed by atoms with van der Waals surface area (Å²) >= 11 is 0. The molecule has 0 saturated heterocycles. The van der Waals surface area contributed by atoms with E-state index in [2.05, 4.69) is 34.6 Å². The van der Waals surface area contributed by atoms with Gasteiger partial charge in [0.25, 0.3) is 0 Å². The van der Waals surface area contributed by atoms with Crippen LogP contribution in [0, 0.1) is 17.3 Å². The highest BCUT2D eigenvalue weighted by molar-refractivity contribution is 5.76. The molecule has 0 aromatic carbocycles. The number of hydrogen-bond donors (Lipinski definition) is 0. The van der Waals surface area contributed by atoms with Crippen LogP contribution in [-0.4, -0.2) is 13.1 Å². The fourth-order valence-electron chi connectivity index (χ4n) is 3.66. The minimum atomic E-state index is -0.308. The van der Waals surface area contributed by atoms with E-state index in [1.165, 1.54) is 51.4 Å². The van der Waals surface area contributed by atoms with E-state index in [-0.39, 0.29) is 11.4 Å². The lowest BCUT2D eigenvalue weighted by Crippen LogP contribution is -2.34. The lowest BCUT2D eigenvalue weighted by atomic mass is 9.71. The Morgan fingerprint density at radius 1 is 0.909 bits per heavy atom. The van der Waals surface area contributed by atoms with Gasteiger partial charge in [0.05, 0.1) is 12.5 Å². The maximum Gasteiger partial charge on any atom is 0.311 e. The zero-order valence-electron chi connectivity index (χ0n) is 16.0. The first-order valence-corrected chi connectivity index (χ1v) is 9.55. The molecule has 0 aliphatic carbocycles. The molecule has 0 saturated carbocycles. The number of unbranched alkanes of at least 4 members (excludes halogenated alkanes) is 2. The van der Waals surface area contributed by atoms with Crippen LogP contribution >= 0.6 is 0 Å². The molecule has 2 nitrogen and oxygen atoms in total. The highest BCUT2D eigenvalue weighted by atomic mass is 16.5. The number of esters is 1. The van der Waals surface area contributed by atoms with Gasteiger partial charge in [0.1, 0.15) is 0 Å². The normalized spacial score (nSPS) is 16.8. The quantitative estimate of drug-likeness (QED) is 0.369. The largest absolute Gasteiger partial charge is 0.469 e. The minimum absolute atomic E-state index is 0.00241. The fourth-order valence-corrected chi connectivity index (χ4v) is 3.66. The van der Waals surface area contributed by atoms with E-state index in [9.17, 15) is 4.79 Å². The standard InChI is InChI=1S/C20H40O2/c1-7-11-13-17(9-3)15-20(5,19(21)22-6)16-18(10-4)14-12-8-2/h17-18H,7-16H2,1-6H3. The van der Waals surface area contributed by atoms with Gasteiger partial charge in [0.2, 0.25) is 0 Å². The van der Waals surface area contributed by atoms with Gasteiger partial charge in [0.15, 0.2) is 0 Å². The van der Waals surface area contributed by atoms with E-state index >= 15 is 0 Å². The van der Waals surface area contributed by atoms with E-state index in [4.69, 9.17) is 4.74 Å². The van der Waals surface area contributed by atoms with Gasteiger partial charge < -0.3 is 4.74 Å². The number of carbonyl (C=O) groups is 1. The second kappa shape index (κ2) is 12.0. The Labute approximate surface area is 139 Å². The fraction of sp³-hybridized carbons (Fsp3) is 0.950. The Morgan fingerprint density at radius 2 is 1.32 bits per heavy atom. The highest BCUT2D eigenvalue weighted by Gasteiger charge is 2.37. The molecule has 2 atom stereocenters. The molecule has 2 heteroatoms. The topological polar surface area (TPSA) is 26.3 Å². The van der Waals surface area contributed by atoms with Gasteiger partial charge >= 0.3 is 5.97 Å². The van der Waals surface area contributed by atoms with Crippen LogP contribution < -0.4 is 0 Å². The van der Waals surface area contributed by atoms with Crippen LogP contribution in [0.15, 0.2) is 0 Å². The molecule has 0 aromatic heterocycles. The molecule has 0 spiro atoms. The van der Waals surface area contributed by atoms with Crippen LogP contribution in [0.2, 0.25) is 0 Å². The third-order valence-corrected chi connectivity index (χ3v) is 5.24. The van der Waals surface area contributed by atoms with Crippen molar-refractivity contribution < 1.29 is 9.53 Å². The van der Waals surface area contributed by atoms with Crippen molar-refractivity contribution >= 4 is 5.97 Å². The summed E-state index contributed by atoms with van der Waals surface area (Å²) in [7, 11) is 1.54. The zero-order valence-corrected chi connectivity index (χ0v) is 16.0. The molecular formula is C20H40O2. The van der Waals surface area contributed by atoms with Crippen molar-refractivity contribution in [3.05, 3.63) is 0 Å². The predicted octanol–water partition coefficient (Wildman–Crippen LogP) is 6.38. The minimum Gasteiger partial charge on any atom is -0.469 e. The van der Waals surface area contributed by atoms with Gasteiger partial charge in [0, 0.05) is 0 Å². The second-order valence-electron chi connectivity index (χ2n) is 7.29.